The van der Waals surface area contributed by atoms with E-state index in [0.29, 0.717) is 11.4 Å². The third-order valence-electron chi connectivity index (χ3n) is 6.31. The van der Waals surface area contributed by atoms with Crippen molar-refractivity contribution in [2.24, 2.45) is 35.6 Å². The Morgan fingerprint density at radius 2 is 1.11 bits per heavy atom. The molecule has 0 saturated carbocycles. The van der Waals surface area contributed by atoms with E-state index < -0.39 is 77.6 Å². The molecule has 0 spiro atoms. The minimum absolute atomic E-state index is 0. The number of nitrogens with one attached hydrogen (secondary N) is 1. The van der Waals surface area contributed by atoms with Crippen LogP contribution in [0.5, 0.6) is 11.5 Å². The molecule has 1 radical (unpaired) electrons. The minimum atomic E-state index is -4.30. The van der Waals surface area contributed by atoms with Gasteiger partial charge in [0.2, 0.25) is 10.0 Å². The molecule has 0 saturated heterocycles. The molecule has 0 amide bonds. The Kier molecular flexibility index (Phi) is 20.9. The van der Waals surface area contributed by atoms with Crippen LogP contribution >= 0.6 is 0 Å². The number of phenols is 1. The van der Waals surface area contributed by atoms with Gasteiger partial charge in [0.05, 0.1) is 22.0 Å². The van der Waals surface area contributed by atoms with Gasteiger partial charge in [-0.05, 0) is 80.2 Å². The fourth-order valence-corrected chi connectivity index (χ4v) is 4.78. The largest absolute Gasteiger partial charge is 2.00 e. The number of nitrogens with zero attached hydrogens (tertiary/aromatic N) is 6. The SMILES string of the molecule is CC(=O)C(N=Nc1cc(S(=N)(=O)[O-])ccc1[O-])C([O-])=Nc1ccccc1.CC(=O)C(N=Nc1cc(S(N)(=O)=O)ccc1O)C([O-])=Nc1ccccc1.[Co+2].[Li+].[Li+]. The van der Waals surface area contributed by atoms with E-state index in [0.717, 1.165) is 50.2 Å². The number of aromatic hydroxyl groups is 1. The van der Waals surface area contributed by atoms with Crippen LogP contribution in [0.2, 0.25) is 0 Å². The molecule has 0 fully saturated rings. The van der Waals surface area contributed by atoms with Gasteiger partial charge in [0, 0.05) is 14.9 Å². The number of azo groups is 2. The first-order valence-corrected chi connectivity index (χ1v) is 17.5. The van der Waals surface area contributed by atoms with E-state index in [9.17, 15) is 47.2 Å². The molecule has 0 heterocycles. The van der Waals surface area contributed by atoms with Gasteiger partial charge in [-0.1, -0.05) is 48.2 Å². The number of hydrogen-bond donors (Lipinski definition) is 3. The van der Waals surface area contributed by atoms with Gasteiger partial charge in [0.25, 0.3) is 0 Å². The topological polar surface area (TPSA) is 322 Å². The van der Waals surface area contributed by atoms with Crippen molar-refractivity contribution >= 4 is 66.1 Å². The van der Waals surface area contributed by atoms with E-state index in [2.05, 4.69) is 30.4 Å². The monoisotopic (exact) mass is 821 g/mol. The van der Waals surface area contributed by atoms with E-state index in [-0.39, 0.29) is 65.1 Å². The van der Waals surface area contributed by atoms with Gasteiger partial charge >= 0.3 is 54.5 Å². The van der Waals surface area contributed by atoms with Crippen molar-refractivity contribution in [1.29, 1.82) is 4.78 Å². The fourth-order valence-electron chi connectivity index (χ4n) is 3.73. The molecular weight excluding hydrogens is 793 g/mol. The predicted octanol–water partition coefficient (Wildman–Crippen LogP) is -3.40. The van der Waals surface area contributed by atoms with Crippen LogP contribution < -0.4 is 58.2 Å². The van der Waals surface area contributed by atoms with Crippen LogP contribution in [-0.2, 0) is 46.4 Å². The Labute approximate surface area is 350 Å². The van der Waals surface area contributed by atoms with Gasteiger partial charge in [-0.2, -0.15) is 20.5 Å². The van der Waals surface area contributed by atoms with Gasteiger partial charge in [-0.15, -0.1) is 0 Å². The van der Waals surface area contributed by atoms with E-state index >= 15 is 0 Å². The molecular formula is C32H28CoLi2N8O10S2. The summed E-state index contributed by atoms with van der Waals surface area (Å²) in [5.41, 5.74) is 0.0103. The molecule has 3 atom stereocenters. The number of ketones is 2. The summed E-state index contributed by atoms with van der Waals surface area (Å²) < 4.78 is 52.1. The smallest absolute Gasteiger partial charge is 0.871 e. The van der Waals surface area contributed by atoms with Gasteiger partial charge < -0.3 is 25.0 Å². The number of primary sulfonamides is 1. The molecule has 0 aromatic heterocycles. The second-order valence-corrected chi connectivity index (χ2v) is 13.4. The maximum atomic E-state index is 12.2. The summed E-state index contributed by atoms with van der Waals surface area (Å²) >= 11 is 0. The number of rotatable bonds is 12. The predicted molar refractivity (Wildman–Crippen MR) is 180 cm³/mol. The van der Waals surface area contributed by atoms with Crippen molar-refractivity contribution in [2.45, 2.75) is 35.7 Å². The summed E-state index contributed by atoms with van der Waals surface area (Å²) in [6.07, 6.45) is 0. The normalized spacial score (nSPS) is 13.8. The van der Waals surface area contributed by atoms with Gasteiger partial charge in [-0.3, -0.25) is 28.6 Å². The number of sulfonamides is 1. The maximum Gasteiger partial charge on any atom is 2.00 e. The Hall–Kier alpha value is -4.52. The van der Waals surface area contributed by atoms with Crippen molar-refractivity contribution in [3.05, 3.63) is 97.1 Å². The zero-order valence-electron chi connectivity index (χ0n) is 29.4. The summed E-state index contributed by atoms with van der Waals surface area (Å²) in [4.78, 5) is 30.1. The van der Waals surface area contributed by atoms with Crippen molar-refractivity contribution in [2.75, 3.05) is 0 Å². The zero-order valence-corrected chi connectivity index (χ0v) is 32.1. The summed E-state index contributed by atoms with van der Waals surface area (Å²) in [7, 11) is -8.32. The number of para-hydroxylation sites is 2. The molecule has 0 aliphatic heterocycles. The molecule has 18 nitrogen and oxygen atoms in total. The number of hydrogen-bond acceptors (Lipinski definition) is 17. The maximum absolute atomic E-state index is 12.2. The van der Waals surface area contributed by atoms with Crippen LogP contribution in [0.25, 0.3) is 0 Å². The van der Waals surface area contributed by atoms with E-state index in [1.807, 2.05) is 0 Å². The molecule has 4 N–H and O–H groups in total. The van der Waals surface area contributed by atoms with Crippen LogP contribution in [0.4, 0.5) is 22.7 Å². The zero-order chi connectivity index (χ0) is 38.6. The molecule has 4 aromatic rings. The van der Waals surface area contributed by atoms with E-state index in [1.54, 1.807) is 60.7 Å². The van der Waals surface area contributed by atoms with Crippen LogP contribution in [0.3, 0.4) is 0 Å². The molecule has 3 unspecified atom stereocenters. The molecule has 0 aliphatic rings. The number of nitrogens with two attached hydrogens (primary N) is 1. The Morgan fingerprint density at radius 1 is 0.709 bits per heavy atom. The average Bonchev–Trinajstić information content (AvgIpc) is 3.06. The molecule has 23 heteroatoms. The molecule has 55 heavy (non-hydrogen) atoms. The fraction of sp³-hybridized carbons (Fsp3) is 0.125. The average molecular weight is 822 g/mol. The number of carbonyl (C=O) groups is 2. The van der Waals surface area contributed by atoms with Crippen molar-refractivity contribution in [3.8, 4) is 11.5 Å². The quantitative estimate of drug-likeness (QED) is 0.0551. The van der Waals surface area contributed by atoms with Crippen LogP contribution in [0.1, 0.15) is 13.8 Å². The third-order valence-corrected chi connectivity index (χ3v) is 8.09. The van der Waals surface area contributed by atoms with Crippen LogP contribution in [0, 0.1) is 4.78 Å². The van der Waals surface area contributed by atoms with Crippen LogP contribution in [0.15, 0.2) is 137 Å². The van der Waals surface area contributed by atoms with Gasteiger partial charge in [0.15, 0.2) is 23.7 Å². The summed E-state index contributed by atoms with van der Waals surface area (Å²) in [5.74, 6) is -4.03. The number of phenolic OH excluding ortho intramolecular Hbond substituents is 1. The Balaban J connectivity index is 0.00000101. The number of Topliss-reactive ketones (excluding diaryl/α,β-unsaturated/α-hetero) is 2. The van der Waals surface area contributed by atoms with Gasteiger partial charge in [0.1, 0.15) is 11.4 Å². The first kappa shape index (κ1) is 50.5. The number of aliphatic imine (C=N–C) groups is 2. The summed E-state index contributed by atoms with van der Waals surface area (Å²) in [6, 6.07) is 19.2. The number of carbonyl (C=O) groups excluding carboxylic acids is 2. The third kappa shape index (κ3) is 16.0. The van der Waals surface area contributed by atoms with E-state index in [1.165, 1.54) is 0 Å². The van der Waals surface area contributed by atoms with E-state index in [4.69, 9.17) is 9.92 Å². The van der Waals surface area contributed by atoms with Crippen molar-refractivity contribution < 1.29 is 102 Å². The molecule has 0 aliphatic carbocycles. The Morgan fingerprint density at radius 3 is 1.51 bits per heavy atom. The first-order chi connectivity index (χ1) is 24.4. The summed E-state index contributed by atoms with van der Waals surface area (Å²) in [5, 5.41) is 65.1. The molecule has 279 valence electrons. The molecule has 0 bridgehead atoms. The minimum Gasteiger partial charge on any atom is -0.871 e. The van der Waals surface area contributed by atoms with Crippen LogP contribution in [-0.4, -0.2) is 57.7 Å². The second-order valence-electron chi connectivity index (χ2n) is 10.4. The van der Waals surface area contributed by atoms with Crippen molar-refractivity contribution in [1.82, 2.24) is 0 Å². The van der Waals surface area contributed by atoms with Crippen molar-refractivity contribution in [3.63, 3.8) is 0 Å². The molecule has 4 rings (SSSR count). The number of benzene rings is 4. The second kappa shape index (κ2) is 22.8. The summed E-state index contributed by atoms with van der Waals surface area (Å²) in [6.45, 7) is 2.26. The Bertz CT molecular complexity index is 2120. The first-order valence-electron chi connectivity index (χ1n) is 14.5. The van der Waals surface area contributed by atoms with Gasteiger partial charge in [-0.25, -0.2) is 13.6 Å². The standard InChI is InChI=1S/2C16H16N4O5S.Co.2Li/c2*1-10(21)15(16(23)18-11-5-3-2-4-6-11)20-19-13-9-12(26(17,24)25)7-8-14(13)22;;;/h2*2-9,15,22H,1H3,(H,18,23)(H2,17,24,25);;;/q;;+2;2*+1/p-4. The molecule has 4 aromatic carbocycles.